The summed E-state index contributed by atoms with van der Waals surface area (Å²) >= 11 is 0. The predicted molar refractivity (Wildman–Crippen MR) is 64.3 cm³/mol. The number of allylic oxidation sites excluding steroid dienone is 2. The molecule has 0 nitrogen and oxygen atoms in total. The Balaban J connectivity index is 2.32. The van der Waals surface area contributed by atoms with Crippen molar-refractivity contribution in [2.45, 2.75) is 59.8 Å². The summed E-state index contributed by atoms with van der Waals surface area (Å²) in [5.74, 6) is 3.01. The quantitative estimate of drug-likeness (QED) is 0.551. The molecule has 0 heteroatoms. The molecule has 0 spiro atoms. The summed E-state index contributed by atoms with van der Waals surface area (Å²) in [6.45, 7) is 9.24. The molecule has 0 saturated heterocycles. The van der Waals surface area contributed by atoms with E-state index in [-0.39, 0.29) is 0 Å². The minimum Gasteiger partial charge on any atom is -0.0853 e. The molecule has 1 atom stereocenters. The Hall–Kier alpha value is -0.260. The zero-order valence-electron chi connectivity index (χ0n) is 10.3. The van der Waals surface area contributed by atoms with Gasteiger partial charge in [0.1, 0.15) is 0 Å². The standard InChI is InChI=1S/C14H26/c1-5-11(3)7-8-13(6-2)14-9-12(4)10-14/h7,12-14H,5-6,8-10H2,1-4H3. The van der Waals surface area contributed by atoms with E-state index in [9.17, 15) is 0 Å². The van der Waals surface area contributed by atoms with Crippen LogP contribution in [0, 0.1) is 17.8 Å². The Morgan fingerprint density at radius 3 is 2.43 bits per heavy atom. The average molecular weight is 194 g/mol. The lowest BCUT2D eigenvalue weighted by Crippen LogP contribution is -2.27. The summed E-state index contributed by atoms with van der Waals surface area (Å²) in [5, 5.41) is 0. The van der Waals surface area contributed by atoms with Crippen LogP contribution in [0.3, 0.4) is 0 Å². The van der Waals surface area contributed by atoms with Crippen LogP contribution < -0.4 is 0 Å². The molecule has 0 aliphatic heterocycles. The minimum atomic E-state index is 0.965. The van der Waals surface area contributed by atoms with Crippen LogP contribution in [0.5, 0.6) is 0 Å². The molecule has 1 fully saturated rings. The first-order chi connectivity index (χ1) is 6.67. The molecule has 1 saturated carbocycles. The van der Waals surface area contributed by atoms with Crippen LogP contribution in [0.1, 0.15) is 59.8 Å². The Bertz CT molecular complexity index is 184. The largest absolute Gasteiger partial charge is 0.0853 e. The topological polar surface area (TPSA) is 0 Å². The maximum atomic E-state index is 2.47. The highest BCUT2D eigenvalue weighted by Crippen LogP contribution is 2.41. The lowest BCUT2D eigenvalue weighted by atomic mass is 9.67. The van der Waals surface area contributed by atoms with E-state index in [0.717, 1.165) is 17.8 Å². The first-order valence-corrected chi connectivity index (χ1v) is 6.32. The average Bonchev–Trinajstić information content (AvgIpc) is 2.15. The number of hydrogen-bond donors (Lipinski definition) is 0. The lowest BCUT2D eigenvalue weighted by Gasteiger charge is -2.38. The molecule has 14 heavy (non-hydrogen) atoms. The first-order valence-electron chi connectivity index (χ1n) is 6.32. The maximum Gasteiger partial charge on any atom is -0.0317 e. The summed E-state index contributed by atoms with van der Waals surface area (Å²) in [6.07, 6.45) is 9.35. The van der Waals surface area contributed by atoms with Crippen LogP contribution in [0.2, 0.25) is 0 Å². The van der Waals surface area contributed by atoms with Gasteiger partial charge in [0.05, 0.1) is 0 Å². The third kappa shape index (κ3) is 3.15. The van der Waals surface area contributed by atoms with E-state index in [1.807, 2.05) is 0 Å². The molecule has 0 heterocycles. The van der Waals surface area contributed by atoms with Crippen molar-refractivity contribution in [3.63, 3.8) is 0 Å². The van der Waals surface area contributed by atoms with Crippen LogP contribution in [0.4, 0.5) is 0 Å². The fraction of sp³-hybridized carbons (Fsp3) is 0.857. The van der Waals surface area contributed by atoms with E-state index in [2.05, 4.69) is 33.8 Å². The van der Waals surface area contributed by atoms with E-state index < -0.39 is 0 Å². The van der Waals surface area contributed by atoms with Gasteiger partial charge in [-0.15, -0.1) is 0 Å². The van der Waals surface area contributed by atoms with Gasteiger partial charge in [-0.1, -0.05) is 38.8 Å². The first kappa shape index (κ1) is 11.8. The van der Waals surface area contributed by atoms with Gasteiger partial charge in [0.2, 0.25) is 0 Å². The molecule has 82 valence electrons. The molecular formula is C14H26. The molecule has 0 aromatic rings. The summed E-state index contributed by atoms with van der Waals surface area (Å²) in [5.41, 5.74) is 1.57. The Morgan fingerprint density at radius 1 is 1.36 bits per heavy atom. The van der Waals surface area contributed by atoms with Crippen molar-refractivity contribution in [2.75, 3.05) is 0 Å². The summed E-state index contributed by atoms with van der Waals surface area (Å²) in [6, 6.07) is 0. The molecule has 0 aromatic carbocycles. The van der Waals surface area contributed by atoms with E-state index in [4.69, 9.17) is 0 Å². The highest BCUT2D eigenvalue weighted by molar-refractivity contribution is 4.98. The molecule has 0 amide bonds. The molecule has 0 N–H and O–H groups in total. The SMILES string of the molecule is CCC(C)=CCC(CC)C1CC(C)C1. The van der Waals surface area contributed by atoms with Gasteiger partial charge in [-0.2, -0.15) is 0 Å². The van der Waals surface area contributed by atoms with Crippen LogP contribution in [0.15, 0.2) is 11.6 Å². The van der Waals surface area contributed by atoms with E-state index in [1.165, 1.54) is 32.1 Å². The van der Waals surface area contributed by atoms with Gasteiger partial charge in [0.15, 0.2) is 0 Å². The third-order valence-electron chi connectivity index (χ3n) is 3.93. The summed E-state index contributed by atoms with van der Waals surface area (Å²) in [7, 11) is 0. The molecule has 0 bridgehead atoms. The molecule has 1 unspecified atom stereocenters. The predicted octanol–water partition coefficient (Wildman–Crippen LogP) is 4.81. The Kier molecular flexibility index (Phi) is 4.71. The van der Waals surface area contributed by atoms with Crippen LogP contribution in [0.25, 0.3) is 0 Å². The summed E-state index contributed by atoms with van der Waals surface area (Å²) < 4.78 is 0. The van der Waals surface area contributed by atoms with E-state index >= 15 is 0 Å². The van der Waals surface area contributed by atoms with Gasteiger partial charge in [0, 0.05) is 0 Å². The molecule has 0 aromatic heterocycles. The van der Waals surface area contributed by atoms with Crippen molar-refractivity contribution in [3.05, 3.63) is 11.6 Å². The number of hydrogen-bond acceptors (Lipinski definition) is 0. The number of rotatable bonds is 5. The van der Waals surface area contributed by atoms with Crippen molar-refractivity contribution in [3.8, 4) is 0 Å². The van der Waals surface area contributed by atoms with Crippen LogP contribution in [-0.4, -0.2) is 0 Å². The smallest absolute Gasteiger partial charge is 0.0317 e. The fourth-order valence-electron chi connectivity index (χ4n) is 2.54. The molecule has 1 rings (SSSR count). The molecule has 1 aliphatic rings. The zero-order valence-corrected chi connectivity index (χ0v) is 10.3. The maximum absolute atomic E-state index is 2.47. The van der Waals surface area contributed by atoms with Crippen molar-refractivity contribution < 1.29 is 0 Å². The summed E-state index contributed by atoms with van der Waals surface area (Å²) in [4.78, 5) is 0. The zero-order chi connectivity index (χ0) is 10.6. The van der Waals surface area contributed by atoms with Crippen molar-refractivity contribution in [1.29, 1.82) is 0 Å². The highest BCUT2D eigenvalue weighted by Gasteiger charge is 2.30. The second kappa shape index (κ2) is 5.58. The highest BCUT2D eigenvalue weighted by atomic mass is 14.4. The van der Waals surface area contributed by atoms with Gasteiger partial charge in [-0.05, 0) is 50.4 Å². The van der Waals surface area contributed by atoms with Gasteiger partial charge >= 0.3 is 0 Å². The van der Waals surface area contributed by atoms with E-state index in [0.29, 0.717) is 0 Å². The van der Waals surface area contributed by atoms with Crippen LogP contribution in [-0.2, 0) is 0 Å². The van der Waals surface area contributed by atoms with Crippen molar-refractivity contribution in [2.24, 2.45) is 17.8 Å². The van der Waals surface area contributed by atoms with Gasteiger partial charge in [-0.25, -0.2) is 0 Å². The van der Waals surface area contributed by atoms with E-state index in [1.54, 1.807) is 5.57 Å². The van der Waals surface area contributed by atoms with Crippen LogP contribution >= 0.6 is 0 Å². The Labute approximate surface area is 89.8 Å². The monoisotopic (exact) mass is 194 g/mol. The lowest BCUT2D eigenvalue weighted by molar-refractivity contribution is 0.134. The van der Waals surface area contributed by atoms with Crippen molar-refractivity contribution in [1.82, 2.24) is 0 Å². The van der Waals surface area contributed by atoms with Gasteiger partial charge in [-0.3, -0.25) is 0 Å². The second-order valence-electron chi connectivity index (χ2n) is 5.14. The minimum absolute atomic E-state index is 0.965. The fourth-order valence-corrected chi connectivity index (χ4v) is 2.54. The Morgan fingerprint density at radius 2 is 2.00 bits per heavy atom. The third-order valence-corrected chi connectivity index (χ3v) is 3.93. The molecule has 1 aliphatic carbocycles. The molecule has 0 radical (unpaired) electrons. The molecular weight excluding hydrogens is 168 g/mol. The normalized spacial score (nSPS) is 29.9. The second-order valence-corrected chi connectivity index (χ2v) is 5.14. The van der Waals surface area contributed by atoms with Crippen molar-refractivity contribution >= 4 is 0 Å². The van der Waals surface area contributed by atoms with Gasteiger partial charge in [0.25, 0.3) is 0 Å². The van der Waals surface area contributed by atoms with Gasteiger partial charge < -0.3 is 0 Å².